The fourth-order valence-electron chi connectivity index (χ4n) is 3.15. The first-order chi connectivity index (χ1) is 15.5. The Kier molecular flexibility index (Phi) is 7.70. The molecular formula is C25H26N2O5. The number of nitrogens with one attached hydrogen (secondary N) is 2. The van der Waals surface area contributed by atoms with E-state index in [0.717, 1.165) is 16.9 Å². The van der Waals surface area contributed by atoms with Crippen molar-refractivity contribution in [3.05, 3.63) is 89.0 Å². The van der Waals surface area contributed by atoms with E-state index in [-0.39, 0.29) is 17.4 Å². The molecule has 0 aromatic heterocycles. The Hall–Kier alpha value is -4.00. The van der Waals surface area contributed by atoms with E-state index in [0.29, 0.717) is 30.2 Å². The summed E-state index contributed by atoms with van der Waals surface area (Å²) in [5.41, 5.74) is 2.44. The van der Waals surface area contributed by atoms with Gasteiger partial charge in [0.25, 0.3) is 11.8 Å². The van der Waals surface area contributed by atoms with Crippen LogP contribution in [0.5, 0.6) is 17.2 Å². The zero-order valence-corrected chi connectivity index (χ0v) is 18.3. The Morgan fingerprint density at radius 1 is 0.688 bits per heavy atom. The van der Waals surface area contributed by atoms with Crippen LogP contribution in [0.1, 0.15) is 31.8 Å². The zero-order chi connectivity index (χ0) is 22.9. The Bertz CT molecular complexity index is 1100. The topological polar surface area (TPSA) is 85.9 Å². The van der Waals surface area contributed by atoms with Gasteiger partial charge in [-0.2, -0.15) is 0 Å². The molecule has 2 amide bonds. The van der Waals surface area contributed by atoms with E-state index < -0.39 is 0 Å². The standard InChI is InChI=1S/C25H26N2O5/c1-30-20-8-4-6-17(12-20)15-26-24(28)19-10-11-23(32-3)22(14-19)25(29)27-16-18-7-5-9-21(13-18)31-2/h4-14H,15-16H2,1-3H3,(H,26,28)(H,27,29). The largest absolute Gasteiger partial charge is 0.497 e. The van der Waals surface area contributed by atoms with Gasteiger partial charge in [-0.3, -0.25) is 9.59 Å². The summed E-state index contributed by atoms with van der Waals surface area (Å²) in [7, 11) is 4.67. The van der Waals surface area contributed by atoms with Crippen molar-refractivity contribution in [2.45, 2.75) is 13.1 Å². The number of carbonyl (C=O) groups is 2. The molecule has 0 atom stereocenters. The summed E-state index contributed by atoms with van der Waals surface area (Å²) in [6, 6.07) is 19.6. The molecule has 0 saturated heterocycles. The monoisotopic (exact) mass is 434 g/mol. The van der Waals surface area contributed by atoms with Gasteiger partial charge in [0.15, 0.2) is 0 Å². The second kappa shape index (κ2) is 10.9. The van der Waals surface area contributed by atoms with Crippen molar-refractivity contribution >= 4 is 11.8 Å². The second-order valence-electron chi connectivity index (χ2n) is 6.98. The minimum atomic E-state index is -0.341. The van der Waals surface area contributed by atoms with Gasteiger partial charge in [0.05, 0.1) is 26.9 Å². The van der Waals surface area contributed by atoms with E-state index in [1.165, 1.54) is 13.2 Å². The summed E-state index contributed by atoms with van der Waals surface area (Å²) < 4.78 is 15.7. The summed E-state index contributed by atoms with van der Waals surface area (Å²) in [5, 5.41) is 5.72. The van der Waals surface area contributed by atoms with E-state index in [4.69, 9.17) is 14.2 Å². The molecule has 7 nitrogen and oxygen atoms in total. The molecular weight excluding hydrogens is 408 g/mol. The first kappa shape index (κ1) is 22.7. The van der Waals surface area contributed by atoms with Crippen LogP contribution in [0.15, 0.2) is 66.7 Å². The highest BCUT2D eigenvalue weighted by atomic mass is 16.5. The fourth-order valence-corrected chi connectivity index (χ4v) is 3.15. The van der Waals surface area contributed by atoms with Gasteiger partial charge in [0, 0.05) is 18.7 Å². The normalized spacial score (nSPS) is 10.2. The molecule has 0 unspecified atom stereocenters. The van der Waals surface area contributed by atoms with E-state index >= 15 is 0 Å². The molecule has 2 N–H and O–H groups in total. The van der Waals surface area contributed by atoms with Gasteiger partial charge in [0.2, 0.25) is 0 Å². The maximum Gasteiger partial charge on any atom is 0.255 e. The number of carbonyl (C=O) groups excluding carboxylic acids is 2. The van der Waals surface area contributed by atoms with Gasteiger partial charge in [-0.25, -0.2) is 0 Å². The summed E-state index contributed by atoms with van der Waals surface area (Å²) >= 11 is 0. The summed E-state index contributed by atoms with van der Waals surface area (Å²) in [4.78, 5) is 25.5. The summed E-state index contributed by atoms with van der Waals surface area (Å²) in [6.45, 7) is 0.644. The molecule has 0 radical (unpaired) electrons. The van der Waals surface area contributed by atoms with Crippen molar-refractivity contribution in [2.75, 3.05) is 21.3 Å². The lowest BCUT2D eigenvalue weighted by atomic mass is 10.1. The molecule has 0 heterocycles. The number of hydrogen-bond acceptors (Lipinski definition) is 5. The van der Waals surface area contributed by atoms with Crippen LogP contribution in [0, 0.1) is 0 Å². The zero-order valence-electron chi connectivity index (χ0n) is 18.3. The van der Waals surface area contributed by atoms with E-state index in [2.05, 4.69) is 10.6 Å². The average Bonchev–Trinajstić information content (AvgIpc) is 2.85. The van der Waals surface area contributed by atoms with E-state index in [1.54, 1.807) is 26.4 Å². The third-order valence-corrected chi connectivity index (χ3v) is 4.88. The van der Waals surface area contributed by atoms with Gasteiger partial charge >= 0.3 is 0 Å². The van der Waals surface area contributed by atoms with Crippen molar-refractivity contribution in [1.82, 2.24) is 10.6 Å². The number of methoxy groups -OCH3 is 3. The van der Waals surface area contributed by atoms with E-state index in [9.17, 15) is 9.59 Å². The highest BCUT2D eigenvalue weighted by Gasteiger charge is 2.16. The molecule has 0 aliphatic rings. The van der Waals surface area contributed by atoms with Crippen molar-refractivity contribution in [3.63, 3.8) is 0 Å². The third kappa shape index (κ3) is 5.78. The Balaban J connectivity index is 1.69. The number of hydrogen-bond donors (Lipinski definition) is 2. The molecule has 32 heavy (non-hydrogen) atoms. The van der Waals surface area contributed by atoms with Crippen LogP contribution < -0.4 is 24.8 Å². The van der Waals surface area contributed by atoms with Crippen molar-refractivity contribution in [1.29, 1.82) is 0 Å². The molecule has 0 bridgehead atoms. The first-order valence-corrected chi connectivity index (χ1v) is 10.0. The highest BCUT2D eigenvalue weighted by Crippen LogP contribution is 2.21. The Morgan fingerprint density at radius 2 is 1.25 bits per heavy atom. The fraction of sp³-hybridized carbons (Fsp3) is 0.200. The third-order valence-electron chi connectivity index (χ3n) is 4.88. The number of rotatable bonds is 9. The molecule has 0 aliphatic carbocycles. The second-order valence-corrected chi connectivity index (χ2v) is 6.98. The summed E-state index contributed by atoms with van der Waals surface area (Å²) in [5.74, 6) is 1.18. The average molecular weight is 434 g/mol. The Labute approximate surface area is 187 Å². The van der Waals surface area contributed by atoms with Crippen molar-refractivity contribution in [2.24, 2.45) is 0 Å². The highest BCUT2D eigenvalue weighted by molar-refractivity contribution is 6.01. The minimum Gasteiger partial charge on any atom is -0.497 e. The summed E-state index contributed by atoms with van der Waals surface area (Å²) in [6.07, 6.45) is 0. The van der Waals surface area contributed by atoms with Crippen LogP contribution in [-0.2, 0) is 13.1 Å². The lowest BCUT2D eigenvalue weighted by Crippen LogP contribution is -2.26. The number of benzene rings is 3. The number of amides is 2. The molecule has 3 rings (SSSR count). The Morgan fingerprint density at radius 3 is 1.78 bits per heavy atom. The molecule has 3 aromatic carbocycles. The van der Waals surface area contributed by atoms with E-state index in [1.807, 2.05) is 48.5 Å². The molecule has 0 spiro atoms. The molecule has 0 aliphatic heterocycles. The van der Waals surface area contributed by atoms with Crippen molar-refractivity contribution < 1.29 is 23.8 Å². The van der Waals surface area contributed by atoms with Gasteiger partial charge in [0.1, 0.15) is 17.2 Å². The molecule has 0 fully saturated rings. The van der Waals surface area contributed by atoms with Crippen LogP contribution in [0.25, 0.3) is 0 Å². The van der Waals surface area contributed by atoms with Crippen molar-refractivity contribution in [3.8, 4) is 17.2 Å². The van der Waals surface area contributed by atoms with Crippen LogP contribution in [-0.4, -0.2) is 33.1 Å². The maximum absolute atomic E-state index is 12.8. The quantitative estimate of drug-likeness (QED) is 0.538. The van der Waals surface area contributed by atoms with Gasteiger partial charge in [-0.1, -0.05) is 24.3 Å². The number of ether oxygens (including phenoxy) is 3. The SMILES string of the molecule is COc1cccc(CNC(=O)c2ccc(OC)c(C(=O)NCc3cccc(OC)c3)c2)c1. The maximum atomic E-state index is 12.8. The predicted molar refractivity (Wildman–Crippen MR) is 121 cm³/mol. The lowest BCUT2D eigenvalue weighted by Gasteiger charge is -2.12. The first-order valence-electron chi connectivity index (χ1n) is 10.0. The molecule has 166 valence electrons. The predicted octanol–water partition coefficient (Wildman–Crippen LogP) is 3.57. The van der Waals surface area contributed by atoms with Gasteiger partial charge in [-0.05, 0) is 53.6 Å². The van der Waals surface area contributed by atoms with Gasteiger partial charge < -0.3 is 24.8 Å². The van der Waals surface area contributed by atoms with Gasteiger partial charge in [-0.15, -0.1) is 0 Å². The molecule has 0 saturated carbocycles. The van der Waals surface area contributed by atoms with Crippen LogP contribution in [0.4, 0.5) is 0 Å². The van der Waals surface area contributed by atoms with Crippen LogP contribution in [0.3, 0.4) is 0 Å². The molecule has 3 aromatic rings. The minimum absolute atomic E-state index is 0.282. The van der Waals surface area contributed by atoms with Crippen LogP contribution in [0.2, 0.25) is 0 Å². The van der Waals surface area contributed by atoms with Crippen LogP contribution >= 0.6 is 0 Å². The lowest BCUT2D eigenvalue weighted by molar-refractivity contribution is 0.0948. The smallest absolute Gasteiger partial charge is 0.255 e. The molecule has 7 heteroatoms.